The molecular weight excluding hydrogens is 324 g/mol. The molecule has 23 heavy (non-hydrogen) atoms. The molecule has 2 aromatic heterocycles. The molecule has 0 bridgehead atoms. The van der Waals surface area contributed by atoms with Crippen molar-refractivity contribution in [2.45, 2.75) is 6.54 Å². The van der Waals surface area contributed by atoms with Gasteiger partial charge in [-0.1, -0.05) is 0 Å². The van der Waals surface area contributed by atoms with Crippen molar-refractivity contribution in [2.24, 2.45) is 19.8 Å². The SMILES string of the molecule is Cl.Cn1c(=O)c2c(nc(N3CCOCC3)n2CCN)n(C)c1=O. The van der Waals surface area contributed by atoms with Crippen molar-refractivity contribution >= 4 is 29.5 Å². The molecule has 2 N–H and O–H groups in total. The zero-order valence-corrected chi connectivity index (χ0v) is 14.0. The Morgan fingerprint density at radius 3 is 2.43 bits per heavy atom. The number of ether oxygens (including phenoxy) is 1. The number of hydrogen-bond donors (Lipinski definition) is 1. The Morgan fingerprint density at radius 2 is 1.83 bits per heavy atom. The zero-order chi connectivity index (χ0) is 15.9. The van der Waals surface area contributed by atoms with E-state index in [9.17, 15) is 9.59 Å². The third kappa shape index (κ3) is 2.75. The number of aromatic nitrogens is 4. The maximum atomic E-state index is 12.5. The second kappa shape index (κ2) is 6.73. The van der Waals surface area contributed by atoms with Crippen molar-refractivity contribution in [3.05, 3.63) is 20.8 Å². The lowest BCUT2D eigenvalue weighted by Crippen LogP contribution is -2.39. The first kappa shape index (κ1) is 17.5. The minimum Gasteiger partial charge on any atom is -0.378 e. The highest BCUT2D eigenvalue weighted by Crippen LogP contribution is 2.20. The largest absolute Gasteiger partial charge is 0.378 e. The normalized spacial score (nSPS) is 15.0. The summed E-state index contributed by atoms with van der Waals surface area (Å²) in [5.41, 5.74) is 5.77. The van der Waals surface area contributed by atoms with Gasteiger partial charge in [0.2, 0.25) is 5.95 Å². The molecule has 0 amide bonds. The van der Waals surface area contributed by atoms with Crippen LogP contribution in [0.3, 0.4) is 0 Å². The maximum absolute atomic E-state index is 12.5. The lowest BCUT2D eigenvalue weighted by atomic mass is 10.4. The van der Waals surface area contributed by atoms with Crippen LogP contribution in [0, 0.1) is 0 Å². The van der Waals surface area contributed by atoms with Gasteiger partial charge in [-0.25, -0.2) is 4.79 Å². The predicted octanol–water partition coefficient (Wildman–Crippen LogP) is -1.35. The Balaban J connectivity index is 0.00000192. The second-order valence-corrected chi connectivity index (χ2v) is 5.33. The van der Waals surface area contributed by atoms with E-state index in [2.05, 4.69) is 9.88 Å². The molecule has 0 spiro atoms. The lowest BCUT2D eigenvalue weighted by Gasteiger charge is -2.28. The van der Waals surface area contributed by atoms with E-state index >= 15 is 0 Å². The van der Waals surface area contributed by atoms with Crippen LogP contribution in [0.25, 0.3) is 11.2 Å². The van der Waals surface area contributed by atoms with Crippen LogP contribution in [0.2, 0.25) is 0 Å². The predicted molar refractivity (Wildman–Crippen MR) is 89.5 cm³/mol. The average molecular weight is 345 g/mol. The summed E-state index contributed by atoms with van der Waals surface area (Å²) < 4.78 is 9.66. The smallest absolute Gasteiger partial charge is 0.332 e. The molecule has 0 radical (unpaired) electrons. The van der Waals surface area contributed by atoms with E-state index in [0.29, 0.717) is 56.5 Å². The van der Waals surface area contributed by atoms with Crippen LogP contribution < -0.4 is 21.9 Å². The van der Waals surface area contributed by atoms with Crippen LogP contribution in [0.15, 0.2) is 9.59 Å². The van der Waals surface area contributed by atoms with Crippen molar-refractivity contribution in [2.75, 3.05) is 37.7 Å². The topological polar surface area (TPSA) is 100 Å². The summed E-state index contributed by atoms with van der Waals surface area (Å²) >= 11 is 0. The third-order valence-corrected chi connectivity index (χ3v) is 3.97. The first-order valence-corrected chi connectivity index (χ1v) is 7.25. The molecule has 0 aromatic carbocycles. The molecule has 3 heterocycles. The van der Waals surface area contributed by atoms with Gasteiger partial charge in [0.25, 0.3) is 5.56 Å². The molecule has 2 aromatic rings. The number of aryl methyl sites for hydroxylation is 1. The van der Waals surface area contributed by atoms with Gasteiger partial charge in [0.15, 0.2) is 11.2 Å². The number of nitrogens with two attached hydrogens (primary N) is 1. The number of rotatable bonds is 3. The van der Waals surface area contributed by atoms with E-state index in [1.165, 1.54) is 11.6 Å². The van der Waals surface area contributed by atoms with Crippen LogP contribution in [0.5, 0.6) is 0 Å². The van der Waals surface area contributed by atoms with E-state index in [-0.39, 0.29) is 23.7 Å². The Bertz CT molecular complexity index is 818. The fraction of sp³-hybridized carbons (Fsp3) is 0.615. The summed E-state index contributed by atoms with van der Waals surface area (Å²) in [4.78, 5) is 31.2. The zero-order valence-electron chi connectivity index (χ0n) is 13.2. The third-order valence-electron chi connectivity index (χ3n) is 3.97. The van der Waals surface area contributed by atoms with Gasteiger partial charge in [-0.15, -0.1) is 12.4 Å². The summed E-state index contributed by atoms with van der Waals surface area (Å²) in [7, 11) is 3.09. The van der Waals surface area contributed by atoms with Gasteiger partial charge in [0.05, 0.1) is 13.2 Å². The van der Waals surface area contributed by atoms with Gasteiger partial charge in [-0.3, -0.25) is 13.9 Å². The van der Waals surface area contributed by atoms with Crippen molar-refractivity contribution in [1.29, 1.82) is 0 Å². The molecule has 128 valence electrons. The molecule has 0 aliphatic carbocycles. The molecule has 1 fully saturated rings. The number of imidazole rings is 1. The number of fused-ring (bicyclic) bond motifs is 1. The Kier molecular flexibility index (Phi) is 5.12. The molecule has 10 heteroatoms. The van der Waals surface area contributed by atoms with E-state index < -0.39 is 0 Å². The number of nitrogens with zero attached hydrogens (tertiary/aromatic N) is 5. The minimum absolute atomic E-state index is 0. The molecular formula is C13H21ClN6O3. The van der Waals surface area contributed by atoms with Crippen LogP contribution in [0.1, 0.15) is 0 Å². The highest BCUT2D eigenvalue weighted by atomic mass is 35.5. The van der Waals surface area contributed by atoms with E-state index in [1.54, 1.807) is 7.05 Å². The Morgan fingerprint density at radius 1 is 1.17 bits per heavy atom. The number of halogens is 1. The number of morpholine rings is 1. The van der Waals surface area contributed by atoms with E-state index in [1.807, 2.05) is 4.57 Å². The second-order valence-electron chi connectivity index (χ2n) is 5.33. The summed E-state index contributed by atoms with van der Waals surface area (Å²) in [6, 6.07) is 0. The fourth-order valence-corrected chi connectivity index (χ4v) is 2.78. The van der Waals surface area contributed by atoms with Gasteiger partial charge in [0, 0.05) is 40.3 Å². The minimum atomic E-state index is -0.386. The van der Waals surface area contributed by atoms with Crippen molar-refractivity contribution < 1.29 is 4.74 Å². The number of hydrogen-bond acceptors (Lipinski definition) is 6. The fourth-order valence-electron chi connectivity index (χ4n) is 2.78. The van der Waals surface area contributed by atoms with Crippen LogP contribution in [0.4, 0.5) is 5.95 Å². The van der Waals surface area contributed by atoms with Gasteiger partial charge in [-0.05, 0) is 0 Å². The monoisotopic (exact) mass is 344 g/mol. The molecule has 3 rings (SSSR count). The van der Waals surface area contributed by atoms with Gasteiger partial charge >= 0.3 is 5.69 Å². The number of anilines is 1. The summed E-state index contributed by atoms with van der Waals surface area (Å²) in [5, 5.41) is 0. The van der Waals surface area contributed by atoms with Crippen LogP contribution >= 0.6 is 12.4 Å². The first-order chi connectivity index (χ1) is 10.6. The molecule has 9 nitrogen and oxygen atoms in total. The standard InChI is InChI=1S/C13H20N6O3.ClH/c1-16-10-9(11(20)17(2)13(16)21)19(4-3-14)12(15-10)18-5-7-22-8-6-18;/h3-8,14H2,1-2H3;1H. The molecule has 0 atom stereocenters. The summed E-state index contributed by atoms with van der Waals surface area (Å²) in [6.07, 6.45) is 0. The van der Waals surface area contributed by atoms with Crippen LogP contribution in [-0.4, -0.2) is 51.5 Å². The summed E-state index contributed by atoms with van der Waals surface area (Å²) in [6.45, 7) is 3.47. The Hall–Kier alpha value is -1.84. The van der Waals surface area contributed by atoms with E-state index in [4.69, 9.17) is 10.5 Å². The van der Waals surface area contributed by atoms with Gasteiger partial charge < -0.3 is 19.9 Å². The first-order valence-electron chi connectivity index (χ1n) is 7.25. The maximum Gasteiger partial charge on any atom is 0.332 e. The summed E-state index contributed by atoms with van der Waals surface area (Å²) in [5.74, 6) is 0.669. The highest BCUT2D eigenvalue weighted by Gasteiger charge is 2.23. The van der Waals surface area contributed by atoms with Crippen molar-refractivity contribution in [1.82, 2.24) is 18.7 Å². The van der Waals surface area contributed by atoms with Crippen molar-refractivity contribution in [3.8, 4) is 0 Å². The van der Waals surface area contributed by atoms with Gasteiger partial charge in [0.1, 0.15) is 0 Å². The highest BCUT2D eigenvalue weighted by molar-refractivity contribution is 5.85. The van der Waals surface area contributed by atoms with Gasteiger partial charge in [-0.2, -0.15) is 4.98 Å². The molecule has 1 saturated heterocycles. The molecule has 1 aliphatic heterocycles. The lowest BCUT2D eigenvalue weighted by molar-refractivity contribution is 0.121. The molecule has 0 unspecified atom stereocenters. The van der Waals surface area contributed by atoms with Crippen LogP contribution in [-0.2, 0) is 25.4 Å². The van der Waals surface area contributed by atoms with Crippen molar-refractivity contribution in [3.63, 3.8) is 0 Å². The average Bonchev–Trinajstić information content (AvgIpc) is 2.92. The molecule has 1 aliphatic rings. The molecule has 0 saturated carbocycles. The quantitative estimate of drug-likeness (QED) is 0.739. The van der Waals surface area contributed by atoms with E-state index in [0.717, 1.165) is 4.57 Å². The Labute approximate surface area is 138 Å².